The molecule has 0 aliphatic heterocycles. The lowest BCUT2D eigenvalue weighted by molar-refractivity contribution is -0.121. The molecule has 6 nitrogen and oxygen atoms in total. The van der Waals surface area contributed by atoms with Crippen LogP contribution in [0.1, 0.15) is 23.4 Å². The van der Waals surface area contributed by atoms with E-state index in [-0.39, 0.29) is 12.5 Å². The van der Waals surface area contributed by atoms with Crippen molar-refractivity contribution in [2.24, 2.45) is 0 Å². The summed E-state index contributed by atoms with van der Waals surface area (Å²) in [6.45, 7) is 2.26. The molecule has 134 valence electrons. The largest absolute Gasteiger partial charge is 0.497 e. The van der Waals surface area contributed by atoms with E-state index in [2.05, 4.69) is 15.5 Å². The molecule has 1 N–H and O–H groups in total. The summed E-state index contributed by atoms with van der Waals surface area (Å²) >= 11 is 0. The van der Waals surface area contributed by atoms with Crippen molar-refractivity contribution in [2.75, 3.05) is 7.11 Å². The third-order valence-electron chi connectivity index (χ3n) is 4.01. The molecule has 26 heavy (non-hydrogen) atoms. The number of carbonyl (C=O) groups is 1. The Balaban J connectivity index is 1.49. The van der Waals surface area contributed by atoms with Gasteiger partial charge in [-0.1, -0.05) is 35.0 Å². The molecule has 0 bridgehead atoms. The first-order chi connectivity index (χ1) is 12.6. The first kappa shape index (κ1) is 17.7. The number of methoxy groups -OCH3 is 1. The van der Waals surface area contributed by atoms with Gasteiger partial charge in [0.15, 0.2) is 0 Å². The van der Waals surface area contributed by atoms with E-state index in [1.807, 2.05) is 55.5 Å². The highest BCUT2D eigenvalue weighted by Gasteiger charge is 2.10. The maximum Gasteiger partial charge on any atom is 0.246 e. The lowest BCUT2D eigenvalue weighted by Gasteiger charge is -2.03. The summed E-state index contributed by atoms with van der Waals surface area (Å²) in [5.41, 5.74) is 3.18. The Hall–Kier alpha value is -3.15. The number of carbonyl (C=O) groups excluding carboxylic acids is 1. The second-order valence-electron chi connectivity index (χ2n) is 6.00. The maximum atomic E-state index is 12.0. The number of aromatic nitrogens is 2. The number of nitrogens with zero attached hydrogens (tertiary/aromatic N) is 2. The third kappa shape index (κ3) is 4.69. The Kier molecular flexibility index (Phi) is 5.63. The molecule has 0 fully saturated rings. The monoisotopic (exact) mass is 351 g/mol. The summed E-state index contributed by atoms with van der Waals surface area (Å²) in [6.07, 6.45) is 1.12. The molecular formula is C20H21N3O3. The molecule has 0 aliphatic rings. The van der Waals surface area contributed by atoms with E-state index >= 15 is 0 Å². The van der Waals surface area contributed by atoms with E-state index in [4.69, 9.17) is 9.26 Å². The summed E-state index contributed by atoms with van der Waals surface area (Å²) < 4.78 is 10.3. The Morgan fingerprint density at radius 2 is 1.85 bits per heavy atom. The zero-order valence-corrected chi connectivity index (χ0v) is 14.9. The molecule has 0 spiro atoms. The Bertz CT molecular complexity index is 855. The number of amides is 1. The molecule has 1 amide bonds. The normalized spacial score (nSPS) is 10.5. The van der Waals surface area contributed by atoms with Gasteiger partial charge < -0.3 is 14.6 Å². The van der Waals surface area contributed by atoms with E-state index in [0.29, 0.717) is 24.6 Å². The highest BCUT2D eigenvalue weighted by atomic mass is 16.5. The average molecular weight is 351 g/mol. The van der Waals surface area contributed by atoms with Crippen LogP contribution in [0.3, 0.4) is 0 Å². The molecule has 0 atom stereocenters. The van der Waals surface area contributed by atoms with Crippen molar-refractivity contribution in [3.05, 3.63) is 65.5 Å². The van der Waals surface area contributed by atoms with Crippen molar-refractivity contribution >= 4 is 5.91 Å². The van der Waals surface area contributed by atoms with Crippen LogP contribution >= 0.6 is 0 Å². The standard InChI is InChI=1S/C20H21N3O3/c1-14-3-5-15(6-4-14)7-12-18(24)21-13-19-22-20(23-26-19)16-8-10-17(25-2)11-9-16/h3-6,8-11H,7,12-13H2,1-2H3,(H,21,24). The van der Waals surface area contributed by atoms with Crippen LogP contribution < -0.4 is 10.1 Å². The summed E-state index contributed by atoms with van der Waals surface area (Å²) in [4.78, 5) is 16.3. The second-order valence-corrected chi connectivity index (χ2v) is 6.00. The van der Waals surface area contributed by atoms with Crippen molar-refractivity contribution in [1.29, 1.82) is 0 Å². The van der Waals surface area contributed by atoms with E-state index < -0.39 is 0 Å². The van der Waals surface area contributed by atoms with Crippen molar-refractivity contribution < 1.29 is 14.1 Å². The summed E-state index contributed by atoms with van der Waals surface area (Å²) in [7, 11) is 1.61. The Morgan fingerprint density at radius 3 is 2.54 bits per heavy atom. The van der Waals surface area contributed by atoms with Gasteiger partial charge in [0.25, 0.3) is 0 Å². The van der Waals surface area contributed by atoms with Crippen LogP contribution in [0.2, 0.25) is 0 Å². The number of benzene rings is 2. The third-order valence-corrected chi connectivity index (χ3v) is 4.01. The van der Waals surface area contributed by atoms with Crippen LogP contribution in [0.25, 0.3) is 11.4 Å². The van der Waals surface area contributed by atoms with Crippen LogP contribution in [0.15, 0.2) is 53.1 Å². The number of hydrogen-bond acceptors (Lipinski definition) is 5. The van der Waals surface area contributed by atoms with Crippen molar-refractivity contribution in [3.8, 4) is 17.1 Å². The molecule has 0 saturated heterocycles. The lowest BCUT2D eigenvalue weighted by Crippen LogP contribution is -2.23. The van der Waals surface area contributed by atoms with Gasteiger partial charge >= 0.3 is 0 Å². The van der Waals surface area contributed by atoms with Crippen molar-refractivity contribution in [3.63, 3.8) is 0 Å². The fourth-order valence-corrected chi connectivity index (χ4v) is 2.46. The van der Waals surface area contributed by atoms with Gasteiger partial charge in [-0.3, -0.25) is 4.79 Å². The summed E-state index contributed by atoms with van der Waals surface area (Å²) in [5, 5.41) is 6.75. The van der Waals surface area contributed by atoms with Gasteiger partial charge in [-0.25, -0.2) is 0 Å². The van der Waals surface area contributed by atoms with Crippen LogP contribution in [0.4, 0.5) is 0 Å². The molecule has 0 aliphatic carbocycles. The van der Waals surface area contributed by atoms with Gasteiger partial charge in [-0.2, -0.15) is 4.98 Å². The first-order valence-electron chi connectivity index (χ1n) is 8.43. The lowest BCUT2D eigenvalue weighted by atomic mass is 10.1. The van der Waals surface area contributed by atoms with Gasteiger partial charge in [0.2, 0.25) is 17.6 Å². The number of rotatable bonds is 7. The smallest absolute Gasteiger partial charge is 0.246 e. The van der Waals surface area contributed by atoms with Gasteiger partial charge in [0.05, 0.1) is 13.7 Å². The SMILES string of the molecule is COc1ccc(-c2noc(CNC(=O)CCc3ccc(C)cc3)n2)cc1. The molecule has 2 aromatic carbocycles. The zero-order valence-electron chi connectivity index (χ0n) is 14.9. The minimum absolute atomic E-state index is 0.0465. The minimum Gasteiger partial charge on any atom is -0.497 e. The van der Waals surface area contributed by atoms with E-state index in [9.17, 15) is 4.79 Å². The molecule has 0 unspecified atom stereocenters. The van der Waals surface area contributed by atoms with Gasteiger partial charge in [0.1, 0.15) is 5.75 Å². The van der Waals surface area contributed by atoms with Crippen LogP contribution in [-0.4, -0.2) is 23.2 Å². The number of ether oxygens (including phenoxy) is 1. The summed E-state index contributed by atoms with van der Waals surface area (Å²) in [5.74, 6) is 1.57. The topological polar surface area (TPSA) is 77.3 Å². The van der Waals surface area contributed by atoms with E-state index in [1.165, 1.54) is 5.56 Å². The molecule has 1 heterocycles. The number of aryl methyl sites for hydroxylation is 2. The van der Waals surface area contributed by atoms with Crippen LogP contribution in [0.5, 0.6) is 5.75 Å². The predicted molar refractivity (Wildman–Crippen MR) is 97.6 cm³/mol. The maximum absolute atomic E-state index is 12.0. The molecule has 1 aromatic heterocycles. The van der Waals surface area contributed by atoms with Gasteiger partial charge in [0, 0.05) is 12.0 Å². The molecular weight excluding hydrogens is 330 g/mol. The fourth-order valence-electron chi connectivity index (χ4n) is 2.46. The minimum atomic E-state index is -0.0465. The zero-order chi connectivity index (χ0) is 18.4. The predicted octanol–water partition coefficient (Wildman–Crippen LogP) is 3.30. The van der Waals surface area contributed by atoms with E-state index in [1.54, 1.807) is 7.11 Å². The number of hydrogen-bond donors (Lipinski definition) is 1. The molecule has 6 heteroatoms. The molecule has 3 aromatic rings. The number of nitrogens with one attached hydrogen (secondary N) is 1. The van der Waals surface area contributed by atoms with Crippen LogP contribution in [-0.2, 0) is 17.8 Å². The second kappa shape index (κ2) is 8.29. The van der Waals surface area contributed by atoms with Crippen molar-refractivity contribution in [2.45, 2.75) is 26.3 Å². The average Bonchev–Trinajstić information content (AvgIpc) is 3.15. The van der Waals surface area contributed by atoms with Crippen LogP contribution in [0, 0.1) is 6.92 Å². The summed E-state index contributed by atoms with van der Waals surface area (Å²) in [6, 6.07) is 15.6. The molecule has 0 saturated carbocycles. The van der Waals surface area contributed by atoms with Gasteiger partial charge in [-0.15, -0.1) is 0 Å². The molecule has 3 rings (SSSR count). The highest BCUT2D eigenvalue weighted by Crippen LogP contribution is 2.19. The van der Waals surface area contributed by atoms with E-state index in [0.717, 1.165) is 16.9 Å². The van der Waals surface area contributed by atoms with Crippen molar-refractivity contribution in [1.82, 2.24) is 15.5 Å². The Labute approximate surface area is 152 Å². The first-order valence-corrected chi connectivity index (χ1v) is 8.43. The fraction of sp³-hybridized carbons (Fsp3) is 0.250. The molecule has 0 radical (unpaired) electrons. The Morgan fingerprint density at radius 1 is 1.12 bits per heavy atom. The quantitative estimate of drug-likeness (QED) is 0.707. The van der Waals surface area contributed by atoms with Gasteiger partial charge in [-0.05, 0) is 43.2 Å². The highest BCUT2D eigenvalue weighted by molar-refractivity contribution is 5.76.